The molecule has 116 valence electrons. The third-order valence-electron chi connectivity index (χ3n) is 4.40. The molecule has 3 rings (SSSR count). The van der Waals surface area contributed by atoms with Crippen molar-refractivity contribution in [3.63, 3.8) is 0 Å². The Kier molecular flexibility index (Phi) is 3.84. The van der Waals surface area contributed by atoms with E-state index < -0.39 is 12.1 Å². The number of aliphatic carboxylic acids is 1. The Morgan fingerprint density at radius 2 is 2.05 bits per heavy atom. The van der Waals surface area contributed by atoms with Gasteiger partial charge in [0.05, 0.1) is 12.0 Å². The van der Waals surface area contributed by atoms with E-state index >= 15 is 0 Å². The summed E-state index contributed by atoms with van der Waals surface area (Å²) in [6.07, 6.45) is 2.49. The van der Waals surface area contributed by atoms with Crippen LogP contribution in [0.1, 0.15) is 32.1 Å². The number of ether oxygens (including phenoxy) is 1. The first-order chi connectivity index (χ1) is 10.0. The van der Waals surface area contributed by atoms with Gasteiger partial charge in [-0.25, -0.2) is 4.79 Å². The number of hydrogen-bond donors (Lipinski definition) is 2. The van der Waals surface area contributed by atoms with E-state index in [1.54, 1.807) is 0 Å². The van der Waals surface area contributed by atoms with Gasteiger partial charge in [0, 0.05) is 25.6 Å². The van der Waals surface area contributed by atoms with Crippen molar-refractivity contribution in [2.75, 3.05) is 13.1 Å². The molecule has 3 atom stereocenters. The third-order valence-corrected chi connectivity index (χ3v) is 4.40. The smallest absolute Gasteiger partial charge is 0.332 e. The van der Waals surface area contributed by atoms with Crippen LogP contribution in [-0.4, -0.2) is 59.1 Å². The molecule has 0 aromatic carbocycles. The topological polar surface area (TPSA) is 95.9 Å². The summed E-state index contributed by atoms with van der Waals surface area (Å²) in [7, 11) is 0. The van der Waals surface area contributed by atoms with Gasteiger partial charge in [0.15, 0.2) is 6.10 Å². The van der Waals surface area contributed by atoms with Gasteiger partial charge in [-0.15, -0.1) is 0 Å². The highest BCUT2D eigenvalue weighted by Gasteiger charge is 2.41. The van der Waals surface area contributed by atoms with E-state index in [1.807, 2.05) is 4.90 Å². The Bertz CT molecular complexity index is 462. The molecular weight excluding hydrogens is 276 g/mol. The SMILES string of the molecule is O=C(NCC1CCC(C(=O)O)O1)C1CC(=O)N(C2CC2)C1. The molecule has 2 heterocycles. The summed E-state index contributed by atoms with van der Waals surface area (Å²) in [5, 5.41) is 11.6. The Morgan fingerprint density at radius 1 is 1.29 bits per heavy atom. The normalized spacial score (nSPS) is 32.5. The first-order valence-corrected chi connectivity index (χ1v) is 7.50. The lowest BCUT2D eigenvalue weighted by Gasteiger charge is -2.16. The molecule has 0 bridgehead atoms. The molecule has 1 saturated carbocycles. The van der Waals surface area contributed by atoms with Crippen LogP contribution in [0.25, 0.3) is 0 Å². The molecule has 0 aromatic rings. The quantitative estimate of drug-likeness (QED) is 0.729. The van der Waals surface area contributed by atoms with E-state index in [2.05, 4.69) is 5.32 Å². The number of amides is 2. The molecule has 7 heteroatoms. The summed E-state index contributed by atoms with van der Waals surface area (Å²) in [5.74, 6) is -1.30. The fraction of sp³-hybridized carbons (Fsp3) is 0.786. The van der Waals surface area contributed by atoms with E-state index in [0.29, 0.717) is 32.0 Å². The van der Waals surface area contributed by atoms with Crippen LogP contribution in [0.2, 0.25) is 0 Å². The number of carbonyl (C=O) groups excluding carboxylic acids is 2. The van der Waals surface area contributed by atoms with Crippen molar-refractivity contribution < 1.29 is 24.2 Å². The molecule has 2 aliphatic heterocycles. The minimum absolute atomic E-state index is 0.0701. The molecule has 3 unspecified atom stereocenters. The van der Waals surface area contributed by atoms with Gasteiger partial charge < -0.3 is 20.1 Å². The largest absolute Gasteiger partial charge is 0.479 e. The maximum absolute atomic E-state index is 12.1. The van der Waals surface area contributed by atoms with Gasteiger partial charge in [0.1, 0.15) is 0 Å². The number of carboxylic acids is 1. The lowest BCUT2D eigenvalue weighted by atomic mass is 10.1. The van der Waals surface area contributed by atoms with Crippen molar-refractivity contribution in [1.82, 2.24) is 10.2 Å². The molecular formula is C14H20N2O5. The predicted octanol–water partition coefficient (Wildman–Crippen LogP) is -0.254. The number of nitrogens with one attached hydrogen (secondary N) is 1. The van der Waals surface area contributed by atoms with Crippen LogP contribution in [0.5, 0.6) is 0 Å². The zero-order valence-corrected chi connectivity index (χ0v) is 11.8. The average Bonchev–Trinajstić information content (AvgIpc) is 3.03. The maximum atomic E-state index is 12.1. The van der Waals surface area contributed by atoms with Crippen molar-refractivity contribution in [3.05, 3.63) is 0 Å². The van der Waals surface area contributed by atoms with Gasteiger partial charge in [-0.1, -0.05) is 0 Å². The minimum Gasteiger partial charge on any atom is -0.479 e. The average molecular weight is 296 g/mol. The van der Waals surface area contributed by atoms with Gasteiger partial charge in [0.2, 0.25) is 11.8 Å². The minimum atomic E-state index is -0.953. The number of hydrogen-bond acceptors (Lipinski definition) is 4. The zero-order chi connectivity index (χ0) is 15.0. The van der Waals surface area contributed by atoms with E-state index in [4.69, 9.17) is 9.84 Å². The standard InChI is InChI=1S/C14H20N2O5/c17-12-5-8(7-16(12)9-1-2-9)13(18)15-6-10-3-4-11(21-10)14(19)20/h8-11H,1-7H2,(H,15,18)(H,19,20). The lowest BCUT2D eigenvalue weighted by molar-refractivity contribution is -0.149. The van der Waals surface area contributed by atoms with Crippen LogP contribution in [-0.2, 0) is 19.1 Å². The highest BCUT2D eigenvalue weighted by Crippen LogP contribution is 2.32. The van der Waals surface area contributed by atoms with E-state index in [0.717, 1.165) is 12.8 Å². The van der Waals surface area contributed by atoms with Crippen LogP contribution in [0, 0.1) is 5.92 Å². The van der Waals surface area contributed by atoms with Crippen molar-refractivity contribution >= 4 is 17.8 Å². The molecule has 3 fully saturated rings. The fourth-order valence-electron chi connectivity index (χ4n) is 3.04. The molecule has 2 saturated heterocycles. The summed E-state index contributed by atoms with van der Waals surface area (Å²) < 4.78 is 5.33. The number of likely N-dealkylation sites (tertiary alicyclic amines) is 1. The fourth-order valence-corrected chi connectivity index (χ4v) is 3.04. The summed E-state index contributed by atoms with van der Waals surface area (Å²) in [6, 6.07) is 0.352. The first kappa shape index (κ1) is 14.3. The van der Waals surface area contributed by atoms with Crippen molar-refractivity contribution in [2.24, 2.45) is 5.92 Å². The molecule has 1 aliphatic carbocycles. The zero-order valence-electron chi connectivity index (χ0n) is 11.8. The molecule has 7 nitrogen and oxygen atoms in total. The van der Waals surface area contributed by atoms with Crippen LogP contribution < -0.4 is 5.32 Å². The highest BCUT2D eigenvalue weighted by molar-refractivity contribution is 5.89. The third kappa shape index (κ3) is 3.18. The molecule has 3 aliphatic rings. The second kappa shape index (κ2) is 5.63. The highest BCUT2D eigenvalue weighted by atomic mass is 16.5. The summed E-state index contributed by atoms with van der Waals surface area (Å²) in [6.45, 7) is 0.829. The second-order valence-corrected chi connectivity index (χ2v) is 6.09. The summed E-state index contributed by atoms with van der Waals surface area (Å²) >= 11 is 0. The predicted molar refractivity (Wildman–Crippen MR) is 71.4 cm³/mol. The van der Waals surface area contributed by atoms with E-state index in [-0.39, 0.29) is 30.3 Å². The second-order valence-electron chi connectivity index (χ2n) is 6.09. The first-order valence-electron chi connectivity index (χ1n) is 7.50. The number of carbonyl (C=O) groups is 3. The van der Waals surface area contributed by atoms with Crippen molar-refractivity contribution in [2.45, 2.75) is 50.4 Å². The van der Waals surface area contributed by atoms with Gasteiger partial charge >= 0.3 is 5.97 Å². The van der Waals surface area contributed by atoms with Gasteiger partial charge in [-0.2, -0.15) is 0 Å². The number of rotatable bonds is 5. The van der Waals surface area contributed by atoms with Gasteiger partial charge in [-0.05, 0) is 25.7 Å². The van der Waals surface area contributed by atoms with Crippen LogP contribution in [0.4, 0.5) is 0 Å². The monoisotopic (exact) mass is 296 g/mol. The van der Waals surface area contributed by atoms with E-state index in [1.165, 1.54) is 0 Å². The van der Waals surface area contributed by atoms with Crippen LogP contribution >= 0.6 is 0 Å². The lowest BCUT2D eigenvalue weighted by Crippen LogP contribution is -2.38. The molecule has 21 heavy (non-hydrogen) atoms. The summed E-state index contributed by atoms with van der Waals surface area (Å²) in [4.78, 5) is 36.5. The number of nitrogens with zero attached hydrogens (tertiary/aromatic N) is 1. The maximum Gasteiger partial charge on any atom is 0.332 e. The Balaban J connectivity index is 1.43. The summed E-state index contributed by atoms with van der Waals surface area (Å²) in [5.41, 5.74) is 0. The van der Waals surface area contributed by atoms with Crippen molar-refractivity contribution in [1.29, 1.82) is 0 Å². The molecule has 0 spiro atoms. The Morgan fingerprint density at radius 3 is 2.67 bits per heavy atom. The van der Waals surface area contributed by atoms with Crippen molar-refractivity contribution in [3.8, 4) is 0 Å². The Hall–Kier alpha value is -1.63. The van der Waals surface area contributed by atoms with Gasteiger partial charge in [0.25, 0.3) is 0 Å². The molecule has 2 N–H and O–H groups in total. The molecule has 2 amide bonds. The number of carboxylic acid groups (broad SMARTS) is 1. The van der Waals surface area contributed by atoms with Gasteiger partial charge in [-0.3, -0.25) is 9.59 Å². The van der Waals surface area contributed by atoms with Crippen LogP contribution in [0.15, 0.2) is 0 Å². The van der Waals surface area contributed by atoms with E-state index in [9.17, 15) is 14.4 Å². The van der Waals surface area contributed by atoms with Crippen LogP contribution in [0.3, 0.4) is 0 Å². The Labute approximate surface area is 122 Å². The molecule has 0 aromatic heterocycles. The molecule has 0 radical (unpaired) electrons.